The van der Waals surface area contributed by atoms with E-state index < -0.39 is 16.8 Å². The van der Waals surface area contributed by atoms with E-state index in [9.17, 15) is 4.79 Å². The molecular weight excluding hydrogens is 256 g/mol. The third-order valence-corrected chi connectivity index (χ3v) is 1.41. The molecule has 0 aliphatic carbocycles. The summed E-state index contributed by atoms with van der Waals surface area (Å²) in [6, 6.07) is 0. The maximum absolute atomic E-state index is 11.1. The molecule has 0 aromatic heterocycles. The van der Waals surface area contributed by atoms with Crippen molar-refractivity contribution in [2.75, 3.05) is 0 Å². The zero-order valence-corrected chi connectivity index (χ0v) is 10.4. The van der Waals surface area contributed by atoms with Crippen molar-refractivity contribution in [3.05, 3.63) is 0 Å². The maximum Gasteiger partial charge on any atom is 0.327 e. The molecule has 13 heavy (non-hydrogen) atoms. The Morgan fingerprint density at radius 2 is 1.92 bits per heavy atom. The Labute approximate surface area is 93.9 Å². The third-order valence-electron chi connectivity index (χ3n) is 0.925. The first-order chi connectivity index (χ1) is 5.24. The molecule has 0 aromatic rings. The molecule has 1 atom stereocenters. The molecule has 0 aromatic carbocycles. The van der Waals surface area contributed by atoms with Gasteiger partial charge in [0, 0.05) is 0 Å². The van der Waals surface area contributed by atoms with Gasteiger partial charge in [0.1, 0.15) is 11.4 Å². The van der Waals surface area contributed by atoms with Crippen molar-refractivity contribution in [2.45, 2.75) is 31.6 Å². The SMILES string of the molecule is Br.CC(C)(C)OC(=O)C(S)C(=N)N. The molecule has 4 nitrogen and oxygen atoms in total. The number of ether oxygens (including phenoxy) is 1. The normalized spacial score (nSPS) is 12.6. The fourth-order valence-corrected chi connectivity index (χ4v) is 0.537. The van der Waals surface area contributed by atoms with Crippen LogP contribution in [0.25, 0.3) is 0 Å². The van der Waals surface area contributed by atoms with E-state index in [-0.39, 0.29) is 22.8 Å². The Balaban J connectivity index is 0. The molecule has 0 saturated heterocycles. The minimum absolute atomic E-state index is 0. The zero-order chi connectivity index (χ0) is 9.94. The molecule has 0 aliphatic rings. The molecule has 0 radical (unpaired) electrons. The highest BCUT2D eigenvalue weighted by atomic mass is 79.9. The van der Waals surface area contributed by atoms with Crippen LogP contribution in [0.4, 0.5) is 0 Å². The van der Waals surface area contributed by atoms with Crippen LogP contribution in [0.3, 0.4) is 0 Å². The molecule has 0 saturated carbocycles. The minimum atomic E-state index is -0.954. The second-order valence-electron chi connectivity index (χ2n) is 3.39. The lowest BCUT2D eigenvalue weighted by Crippen LogP contribution is -2.36. The van der Waals surface area contributed by atoms with Crippen LogP contribution in [0.5, 0.6) is 0 Å². The van der Waals surface area contributed by atoms with Crippen LogP contribution in [0.2, 0.25) is 0 Å². The number of esters is 1. The van der Waals surface area contributed by atoms with E-state index in [4.69, 9.17) is 15.9 Å². The fourth-order valence-electron chi connectivity index (χ4n) is 0.485. The Kier molecular flexibility index (Phi) is 6.44. The number of amidine groups is 1. The molecule has 3 N–H and O–H groups in total. The summed E-state index contributed by atoms with van der Waals surface area (Å²) in [5.41, 5.74) is 4.50. The quantitative estimate of drug-likeness (QED) is 0.305. The highest BCUT2D eigenvalue weighted by Crippen LogP contribution is 2.10. The molecule has 6 heteroatoms. The zero-order valence-electron chi connectivity index (χ0n) is 7.83. The van der Waals surface area contributed by atoms with E-state index in [0.717, 1.165) is 0 Å². The van der Waals surface area contributed by atoms with Gasteiger partial charge in [0.25, 0.3) is 0 Å². The molecule has 0 aliphatic heterocycles. The summed E-state index contributed by atoms with van der Waals surface area (Å²) in [4.78, 5) is 11.1. The second-order valence-corrected chi connectivity index (χ2v) is 3.91. The van der Waals surface area contributed by atoms with Crippen LogP contribution >= 0.6 is 29.6 Å². The minimum Gasteiger partial charge on any atom is -0.459 e. The average molecular weight is 271 g/mol. The van der Waals surface area contributed by atoms with Crippen LogP contribution in [0.15, 0.2) is 0 Å². The fraction of sp³-hybridized carbons (Fsp3) is 0.714. The Morgan fingerprint density at radius 1 is 1.54 bits per heavy atom. The predicted octanol–water partition coefficient (Wildman–Crippen LogP) is 1.14. The second kappa shape index (κ2) is 5.49. The Hall–Kier alpha value is -0.230. The molecule has 0 fully saturated rings. The van der Waals surface area contributed by atoms with Gasteiger partial charge in [-0.25, -0.2) is 0 Å². The lowest BCUT2D eigenvalue weighted by Gasteiger charge is -2.21. The summed E-state index contributed by atoms with van der Waals surface area (Å²) in [6.45, 7) is 5.22. The number of hydrogen-bond acceptors (Lipinski definition) is 4. The number of nitrogens with two attached hydrogens (primary N) is 1. The number of halogens is 1. The van der Waals surface area contributed by atoms with Crippen LogP contribution in [-0.4, -0.2) is 22.7 Å². The first kappa shape index (κ1) is 15.3. The monoisotopic (exact) mass is 270 g/mol. The van der Waals surface area contributed by atoms with E-state index in [2.05, 4.69) is 12.6 Å². The first-order valence-electron chi connectivity index (χ1n) is 3.49. The molecule has 0 heterocycles. The van der Waals surface area contributed by atoms with E-state index in [1.807, 2.05) is 0 Å². The van der Waals surface area contributed by atoms with Crippen molar-refractivity contribution in [1.29, 1.82) is 5.41 Å². The number of thiol groups is 1. The lowest BCUT2D eigenvalue weighted by molar-refractivity contribution is -0.152. The van der Waals surface area contributed by atoms with Gasteiger partial charge >= 0.3 is 5.97 Å². The van der Waals surface area contributed by atoms with Crippen LogP contribution < -0.4 is 5.73 Å². The van der Waals surface area contributed by atoms with Crippen LogP contribution in [0, 0.1) is 5.41 Å². The first-order valence-corrected chi connectivity index (χ1v) is 4.00. The number of carbonyl (C=O) groups is 1. The summed E-state index contributed by atoms with van der Waals surface area (Å²) < 4.78 is 4.92. The van der Waals surface area contributed by atoms with Crippen LogP contribution in [-0.2, 0) is 9.53 Å². The van der Waals surface area contributed by atoms with Crippen molar-refractivity contribution < 1.29 is 9.53 Å². The summed E-state index contributed by atoms with van der Waals surface area (Å²) in [7, 11) is 0. The smallest absolute Gasteiger partial charge is 0.327 e. The van der Waals surface area contributed by atoms with Crippen LogP contribution in [0.1, 0.15) is 20.8 Å². The van der Waals surface area contributed by atoms with Gasteiger partial charge < -0.3 is 10.5 Å². The molecule has 0 rings (SSSR count). The number of nitrogens with one attached hydrogen (secondary N) is 1. The van der Waals surface area contributed by atoms with Gasteiger partial charge in [-0.3, -0.25) is 10.2 Å². The van der Waals surface area contributed by atoms with Gasteiger partial charge in [-0.1, -0.05) is 0 Å². The van der Waals surface area contributed by atoms with Gasteiger partial charge in [0.2, 0.25) is 0 Å². The van der Waals surface area contributed by atoms with Gasteiger partial charge in [-0.15, -0.1) is 17.0 Å². The van der Waals surface area contributed by atoms with E-state index in [0.29, 0.717) is 0 Å². The number of carbonyl (C=O) groups excluding carboxylic acids is 1. The Morgan fingerprint density at radius 3 is 2.15 bits per heavy atom. The average Bonchev–Trinajstić information content (AvgIpc) is 1.82. The molecule has 1 unspecified atom stereocenters. The van der Waals surface area contributed by atoms with E-state index >= 15 is 0 Å². The topological polar surface area (TPSA) is 76.2 Å². The maximum atomic E-state index is 11.1. The molecule has 0 spiro atoms. The molecule has 0 bridgehead atoms. The predicted molar refractivity (Wildman–Crippen MR) is 60.9 cm³/mol. The van der Waals surface area contributed by atoms with Crippen molar-refractivity contribution in [2.24, 2.45) is 5.73 Å². The van der Waals surface area contributed by atoms with Crippen molar-refractivity contribution in [1.82, 2.24) is 0 Å². The van der Waals surface area contributed by atoms with Gasteiger partial charge in [-0.05, 0) is 20.8 Å². The summed E-state index contributed by atoms with van der Waals surface area (Å²) in [5.74, 6) is -0.883. The highest BCUT2D eigenvalue weighted by Gasteiger charge is 2.23. The van der Waals surface area contributed by atoms with Gasteiger partial charge in [0.05, 0.1) is 0 Å². The standard InChI is InChI=1S/C7H14N2O2S.BrH/c1-7(2,3)11-6(10)4(12)5(8)9;/h4,12H,1-3H3,(H3,8,9);1H. The largest absolute Gasteiger partial charge is 0.459 e. The number of hydrogen-bond donors (Lipinski definition) is 3. The summed E-state index contributed by atoms with van der Waals surface area (Å²) in [6.07, 6.45) is 0. The molecule has 0 amide bonds. The van der Waals surface area contributed by atoms with Crippen molar-refractivity contribution >= 4 is 41.4 Å². The number of rotatable bonds is 2. The van der Waals surface area contributed by atoms with E-state index in [1.165, 1.54) is 0 Å². The van der Waals surface area contributed by atoms with Crippen molar-refractivity contribution in [3.63, 3.8) is 0 Å². The lowest BCUT2D eigenvalue weighted by atomic mass is 10.2. The third kappa shape index (κ3) is 6.89. The molecule has 78 valence electrons. The Bertz CT molecular complexity index is 203. The summed E-state index contributed by atoms with van der Waals surface area (Å²) >= 11 is 3.81. The van der Waals surface area contributed by atoms with E-state index in [1.54, 1.807) is 20.8 Å². The van der Waals surface area contributed by atoms with Gasteiger partial charge in [-0.2, -0.15) is 12.6 Å². The van der Waals surface area contributed by atoms with Gasteiger partial charge in [0.15, 0.2) is 5.25 Å². The van der Waals surface area contributed by atoms with Crippen molar-refractivity contribution in [3.8, 4) is 0 Å². The highest BCUT2D eigenvalue weighted by molar-refractivity contribution is 8.93. The molecular formula is C7H15BrN2O2S. The summed E-state index contributed by atoms with van der Waals surface area (Å²) in [5, 5.41) is 5.98.